The number of pyridine rings is 2. The number of hydrogen-bond acceptors (Lipinski definition) is 3. The van der Waals surface area contributed by atoms with Crippen LogP contribution in [0.1, 0.15) is 114 Å². The maximum Gasteiger partial charge on any atom is 0.100 e. The Bertz CT molecular complexity index is 562. The van der Waals surface area contributed by atoms with Crippen LogP contribution in [-0.2, 0) is 4.74 Å². The minimum Gasteiger partial charge on any atom is -0.362 e. The second-order valence-electron chi connectivity index (χ2n) is 8.03. The number of hydrogen-bond donors (Lipinski definition) is 0. The average molecular weight is 397 g/mol. The summed E-state index contributed by atoms with van der Waals surface area (Å²) in [4.78, 5) is 9.23. The Labute approximate surface area is 178 Å². The third-order valence-corrected chi connectivity index (χ3v) is 5.50. The lowest BCUT2D eigenvalue weighted by Gasteiger charge is -2.25. The molecule has 2 rings (SSSR count). The van der Waals surface area contributed by atoms with Crippen molar-refractivity contribution in [3.05, 3.63) is 60.2 Å². The SMILES string of the molecule is CCCCCCCC(OC(CCCCCCC)c1ccccn1)c1ccccn1. The van der Waals surface area contributed by atoms with E-state index in [1.165, 1.54) is 64.2 Å². The van der Waals surface area contributed by atoms with Crippen LogP contribution in [0.2, 0.25) is 0 Å². The lowest BCUT2D eigenvalue weighted by atomic mass is 10.0. The van der Waals surface area contributed by atoms with E-state index in [1.54, 1.807) is 0 Å². The smallest absolute Gasteiger partial charge is 0.100 e. The summed E-state index contributed by atoms with van der Waals surface area (Å²) in [6.45, 7) is 4.52. The fourth-order valence-corrected chi connectivity index (χ4v) is 3.77. The Balaban J connectivity index is 2.02. The van der Waals surface area contributed by atoms with E-state index in [4.69, 9.17) is 4.74 Å². The molecule has 0 N–H and O–H groups in total. The fraction of sp³-hybridized carbons (Fsp3) is 0.615. The summed E-state index contributed by atoms with van der Waals surface area (Å²) in [6.07, 6.45) is 18.6. The van der Waals surface area contributed by atoms with E-state index in [0.717, 1.165) is 24.2 Å². The molecule has 3 nitrogen and oxygen atoms in total. The van der Waals surface area contributed by atoms with Gasteiger partial charge < -0.3 is 4.74 Å². The molecule has 2 heterocycles. The molecule has 0 saturated heterocycles. The molecule has 2 aromatic heterocycles. The highest BCUT2D eigenvalue weighted by Gasteiger charge is 2.21. The molecule has 29 heavy (non-hydrogen) atoms. The van der Waals surface area contributed by atoms with Crippen LogP contribution in [0.4, 0.5) is 0 Å². The molecule has 0 saturated carbocycles. The van der Waals surface area contributed by atoms with Crippen LogP contribution < -0.4 is 0 Å². The van der Waals surface area contributed by atoms with Crippen LogP contribution >= 0.6 is 0 Å². The maximum atomic E-state index is 6.71. The third-order valence-electron chi connectivity index (χ3n) is 5.50. The van der Waals surface area contributed by atoms with Gasteiger partial charge in [-0.3, -0.25) is 9.97 Å². The third kappa shape index (κ3) is 9.54. The minimum atomic E-state index is 0.0421. The lowest BCUT2D eigenvalue weighted by molar-refractivity contribution is -0.0306. The number of nitrogens with zero attached hydrogens (tertiary/aromatic N) is 2. The zero-order chi connectivity index (χ0) is 20.6. The van der Waals surface area contributed by atoms with Crippen molar-refractivity contribution in [3.8, 4) is 0 Å². The van der Waals surface area contributed by atoms with E-state index in [9.17, 15) is 0 Å². The van der Waals surface area contributed by atoms with Crippen molar-refractivity contribution in [2.75, 3.05) is 0 Å². The quantitative estimate of drug-likeness (QED) is 0.270. The molecule has 160 valence electrons. The Kier molecular flexibility index (Phi) is 12.3. The van der Waals surface area contributed by atoms with Gasteiger partial charge in [0, 0.05) is 12.4 Å². The molecule has 2 aromatic rings. The molecule has 0 aliphatic rings. The predicted molar refractivity (Wildman–Crippen MR) is 122 cm³/mol. The van der Waals surface area contributed by atoms with Gasteiger partial charge in [-0.2, -0.15) is 0 Å². The van der Waals surface area contributed by atoms with E-state index in [2.05, 4.69) is 48.1 Å². The molecule has 0 fully saturated rings. The molecule has 2 atom stereocenters. The Hall–Kier alpha value is -1.74. The van der Waals surface area contributed by atoms with Crippen LogP contribution in [0.25, 0.3) is 0 Å². The van der Waals surface area contributed by atoms with Crippen LogP contribution in [0.3, 0.4) is 0 Å². The molecule has 0 radical (unpaired) electrons. The molecule has 0 spiro atoms. The van der Waals surface area contributed by atoms with Crippen LogP contribution in [-0.4, -0.2) is 9.97 Å². The van der Waals surface area contributed by atoms with Crippen molar-refractivity contribution < 1.29 is 4.74 Å². The van der Waals surface area contributed by atoms with Crippen LogP contribution in [0, 0.1) is 0 Å². The van der Waals surface area contributed by atoms with Crippen molar-refractivity contribution in [2.45, 2.75) is 103 Å². The molecule has 0 aliphatic heterocycles. The van der Waals surface area contributed by atoms with Gasteiger partial charge in [0.15, 0.2) is 0 Å². The molecule has 0 aliphatic carbocycles. The fourth-order valence-electron chi connectivity index (χ4n) is 3.77. The molecule has 0 aromatic carbocycles. The second-order valence-corrected chi connectivity index (χ2v) is 8.03. The molecule has 0 amide bonds. The van der Waals surface area contributed by atoms with Gasteiger partial charge >= 0.3 is 0 Å². The summed E-state index contributed by atoms with van der Waals surface area (Å²) < 4.78 is 6.71. The molecule has 3 heteroatoms. The number of aromatic nitrogens is 2. The average Bonchev–Trinajstić information content (AvgIpc) is 2.78. The van der Waals surface area contributed by atoms with Crippen molar-refractivity contribution >= 4 is 0 Å². The van der Waals surface area contributed by atoms with E-state index in [0.29, 0.717) is 0 Å². The number of unbranched alkanes of at least 4 members (excludes halogenated alkanes) is 8. The molecule has 0 bridgehead atoms. The Morgan fingerprint density at radius 2 is 1.07 bits per heavy atom. The lowest BCUT2D eigenvalue weighted by Crippen LogP contribution is -2.13. The van der Waals surface area contributed by atoms with Gasteiger partial charge in [0.05, 0.1) is 11.4 Å². The maximum absolute atomic E-state index is 6.71. The normalized spacial score (nSPS) is 13.3. The molecular formula is C26H40N2O. The van der Waals surface area contributed by atoms with E-state index in [-0.39, 0.29) is 12.2 Å². The monoisotopic (exact) mass is 396 g/mol. The Morgan fingerprint density at radius 3 is 1.45 bits per heavy atom. The molecule has 2 unspecified atom stereocenters. The van der Waals surface area contributed by atoms with Crippen LogP contribution in [0.5, 0.6) is 0 Å². The van der Waals surface area contributed by atoms with Crippen molar-refractivity contribution in [1.29, 1.82) is 0 Å². The Morgan fingerprint density at radius 1 is 0.621 bits per heavy atom. The highest BCUT2D eigenvalue weighted by molar-refractivity contribution is 5.10. The summed E-state index contributed by atoms with van der Waals surface area (Å²) in [5.41, 5.74) is 2.10. The summed E-state index contributed by atoms with van der Waals surface area (Å²) in [7, 11) is 0. The van der Waals surface area contributed by atoms with Gasteiger partial charge in [-0.15, -0.1) is 0 Å². The first-order chi connectivity index (χ1) is 14.3. The van der Waals surface area contributed by atoms with Gasteiger partial charge in [0.2, 0.25) is 0 Å². The van der Waals surface area contributed by atoms with Gasteiger partial charge in [-0.25, -0.2) is 0 Å². The summed E-state index contributed by atoms with van der Waals surface area (Å²) >= 11 is 0. The molecular weight excluding hydrogens is 356 g/mol. The number of rotatable bonds is 16. The van der Waals surface area contributed by atoms with Gasteiger partial charge in [0.25, 0.3) is 0 Å². The van der Waals surface area contributed by atoms with Crippen molar-refractivity contribution in [2.24, 2.45) is 0 Å². The van der Waals surface area contributed by atoms with Gasteiger partial charge in [-0.1, -0.05) is 90.2 Å². The van der Waals surface area contributed by atoms with Gasteiger partial charge in [-0.05, 0) is 37.1 Å². The highest BCUT2D eigenvalue weighted by Crippen LogP contribution is 2.32. The first-order valence-electron chi connectivity index (χ1n) is 11.8. The second kappa shape index (κ2) is 15.1. The first kappa shape index (κ1) is 23.5. The predicted octanol–water partition coefficient (Wildman–Crippen LogP) is 8.00. The summed E-state index contributed by atoms with van der Waals surface area (Å²) in [5.74, 6) is 0. The van der Waals surface area contributed by atoms with E-state index >= 15 is 0 Å². The van der Waals surface area contributed by atoms with Crippen molar-refractivity contribution in [1.82, 2.24) is 9.97 Å². The largest absolute Gasteiger partial charge is 0.362 e. The highest BCUT2D eigenvalue weighted by atomic mass is 16.5. The van der Waals surface area contributed by atoms with E-state index in [1.807, 2.05) is 24.5 Å². The number of ether oxygens (including phenoxy) is 1. The van der Waals surface area contributed by atoms with Crippen molar-refractivity contribution in [3.63, 3.8) is 0 Å². The summed E-state index contributed by atoms with van der Waals surface area (Å²) in [5, 5.41) is 0. The summed E-state index contributed by atoms with van der Waals surface area (Å²) in [6, 6.07) is 12.3. The minimum absolute atomic E-state index is 0.0421. The zero-order valence-electron chi connectivity index (χ0n) is 18.6. The first-order valence-corrected chi connectivity index (χ1v) is 11.8. The van der Waals surface area contributed by atoms with Crippen LogP contribution in [0.15, 0.2) is 48.8 Å². The standard InChI is InChI=1S/C26H40N2O/c1-3-5-7-9-11-19-25(23-17-13-15-21-27-23)29-26(20-12-10-8-6-4-2)24-18-14-16-22-28-24/h13-18,21-22,25-26H,3-12,19-20H2,1-2H3. The van der Waals surface area contributed by atoms with E-state index < -0.39 is 0 Å². The van der Waals surface area contributed by atoms with Gasteiger partial charge in [0.1, 0.15) is 12.2 Å². The zero-order valence-corrected chi connectivity index (χ0v) is 18.6. The topological polar surface area (TPSA) is 35.0 Å².